The van der Waals surface area contributed by atoms with E-state index >= 15 is 0 Å². The van der Waals surface area contributed by atoms with Gasteiger partial charge in [0, 0.05) is 49.9 Å². The van der Waals surface area contributed by atoms with E-state index in [2.05, 4.69) is 205 Å². The van der Waals surface area contributed by atoms with Gasteiger partial charge in [-0.15, -0.1) is 0 Å². The highest BCUT2D eigenvalue weighted by Crippen LogP contribution is 2.42. The second kappa shape index (κ2) is 13.9. The Labute approximate surface area is 320 Å². The van der Waals surface area contributed by atoms with E-state index in [0.29, 0.717) is 0 Å². The molecule has 0 unspecified atom stereocenters. The van der Waals surface area contributed by atoms with Gasteiger partial charge in [0.05, 0.1) is 22.6 Å². The van der Waals surface area contributed by atoms with Gasteiger partial charge in [0.25, 0.3) is 0 Å². The predicted molar refractivity (Wildman–Crippen MR) is 231 cm³/mol. The second-order valence-corrected chi connectivity index (χ2v) is 13.8. The molecule has 3 heteroatoms. The fraction of sp³-hybridized carbons (Fsp3) is 0. The molecule has 0 spiro atoms. The standard InChI is InChI=1S/C52H35N3/c1-5-16-36(17-6-1)49-34-39(35-50(53-49)37-18-7-2-8-19-37)43-25-15-26-45-44(43)32-33-47-51(45)46-24-13-14-27-48(46)54-52(47)38-28-30-42(31-29-38)55(40-20-9-3-10-21-40)41-22-11-4-12-23-41/h1-35H. The van der Waals surface area contributed by atoms with Crippen molar-refractivity contribution in [3.8, 4) is 44.9 Å². The van der Waals surface area contributed by atoms with Gasteiger partial charge in [0.15, 0.2) is 0 Å². The first-order valence-corrected chi connectivity index (χ1v) is 18.7. The Hall–Kier alpha value is -7.36. The molecule has 0 amide bonds. The minimum atomic E-state index is 0.952. The Morgan fingerprint density at radius 1 is 0.309 bits per heavy atom. The number of rotatable bonds is 7. The fourth-order valence-electron chi connectivity index (χ4n) is 7.85. The maximum atomic E-state index is 5.32. The normalized spacial score (nSPS) is 11.3. The van der Waals surface area contributed by atoms with Crippen molar-refractivity contribution in [1.82, 2.24) is 9.97 Å². The number of pyridine rings is 2. The summed E-state index contributed by atoms with van der Waals surface area (Å²) in [5.41, 5.74) is 12.7. The lowest BCUT2D eigenvalue weighted by Gasteiger charge is -2.25. The second-order valence-electron chi connectivity index (χ2n) is 13.8. The molecule has 0 aliphatic rings. The smallest absolute Gasteiger partial charge is 0.0788 e. The van der Waals surface area contributed by atoms with E-state index in [1.54, 1.807) is 0 Å². The van der Waals surface area contributed by atoms with Crippen LogP contribution < -0.4 is 4.90 Å². The molecule has 0 aliphatic carbocycles. The molecule has 0 saturated carbocycles. The van der Waals surface area contributed by atoms with Gasteiger partial charge in [-0.3, -0.25) is 0 Å². The average Bonchev–Trinajstić information content (AvgIpc) is 3.27. The molecule has 10 aromatic rings. The van der Waals surface area contributed by atoms with Crippen LogP contribution >= 0.6 is 0 Å². The maximum absolute atomic E-state index is 5.32. The molecular formula is C52H35N3. The summed E-state index contributed by atoms with van der Waals surface area (Å²) < 4.78 is 0. The molecule has 0 radical (unpaired) electrons. The minimum Gasteiger partial charge on any atom is -0.311 e. The van der Waals surface area contributed by atoms with E-state index in [4.69, 9.17) is 9.97 Å². The molecule has 8 aromatic carbocycles. The van der Waals surface area contributed by atoms with Crippen LogP contribution in [0, 0.1) is 0 Å². The summed E-state index contributed by atoms with van der Waals surface area (Å²) >= 11 is 0. The summed E-state index contributed by atoms with van der Waals surface area (Å²) in [6, 6.07) is 75.0. The van der Waals surface area contributed by atoms with Crippen molar-refractivity contribution in [2.75, 3.05) is 4.90 Å². The number of aromatic nitrogens is 2. The lowest BCUT2D eigenvalue weighted by Crippen LogP contribution is -2.09. The molecule has 258 valence electrons. The summed E-state index contributed by atoms with van der Waals surface area (Å²) in [5.74, 6) is 0. The molecule has 10 rings (SSSR count). The number of para-hydroxylation sites is 3. The number of nitrogens with zero attached hydrogens (tertiary/aromatic N) is 3. The molecule has 0 atom stereocenters. The van der Waals surface area contributed by atoms with E-state index < -0.39 is 0 Å². The molecule has 0 aliphatic heterocycles. The molecule has 0 fully saturated rings. The van der Waals surface area contributed by atoms with Gasteiger partial charge in [0.2, 0.25) is 0 Å². The molecule has 3 nitrogen and oxygen atoms in total. The van der Waals surface area contributed by atoms with Crippen LogP contribution in [0.4, 0.5) is 17.1 Å². The van der Waals surface area contributed by atoms with Crippen molar-refractivity contribution in [1.29, 1.82) is 0 Å². The highest BCUT2D eigenvalue weighted by molar-refractivity contribution is 6.24. The van der Waals surface area contributed by atoms with Gasteiger partial charge in [-0.1, -0.05) is 158 Å². The van der Waals surface area contributed by atoms with Gasteiger partial charge in [-0.2, -0.15) is 0 Å². The zero-order valence-corrected chi connectivity index (χ0v) is 30.0. The van der Waals surface area contributed by atoms with Gasteiger partial charge >= 0.3 is 0 Å². The van der Waals surface area contributed by atoms with Gasteiger partial charge in [-0.25, -0.2) is 9.97 Å². The number of hydrogen-bond donors (Lipinski definition) is 0. The predicted octanol–water partition coefficient (Wildman–Crippen LogP) is 14.1. The quantitative estimate of drug-likeness (QED) is 0.155. The van der Waals surface area contributed by atoms with Crippen LogP contribution in [-0.4, -0.2) is 9.97 Å². The van der Waals surface area contributed by atoms with Gasteiger partial charge in [-0.05, 0) is 76.5 Å². The van der Waals surface area contributed by atoms with E-state index in [0.717, 1.165) is 72.7 Å². The average molecular weight is 702 g/mol. The Morgan fingerprint density at radius 3 is 1.44 bits per heavy atom. The zero-order chi connectivity index (χ0) is 36.6. The van der Waals surface area contributed by atoms with Crippen molar-refractivity contribution in [3.63, 3.8) is 0 Å². The number of hydrogen-bond acceptors (Lipinski definition) is 3. The van der Waals surface area contributed by atoms with E-state index in [1.165, 1.54) is 21.7 Å². The van der Waals surface area contributed by atoms with Crippen LogP contribution in [-0.2, 0) is 0 Å². The molecule has 2 heterocycles. The topological polar surface area (TPSA) is 29.0 Å². The monoisotopic (exact) mass is 701 g/mol. The Balaban J connectivity index is 1.15. The molecule has 0 saturated heterocycles. The van der Waals surface area contributed by atoms with Crippen molar-refractivity contribution in [2.24, 2.45) is 0 Å². The lowest BCUT2D eigenvalue weighted by atomic mass is 9.91. The largest absolute Gasteiger partial charge is 0.311 e. The van der Waals surface area contributed by atoms with E-state index in [1.807, 2.05) is 12.1 Å². The summed E-state index contributed by atoms with van der Waals surface area (Å²) in [7, 11) is 0. The van der Waals surface area contributed by atoms with Crippen LogP contribution in [0.25, 0.3) is 77.3 Å². The highest BCUT2D eigenvalue weighted by Gasteiger charge is 2.18. The van der Waals surface area contributed by atoms with Crippen LogP contribution in [0.15, 0.2) is 212 Å². The van der Waals surface area contributed by atoms with Crippen LogP contribution in [0.5, 0.6) is 0 Å². The Morgan fingerprint density at radius 2 is 0.818 bits per heavy atom. The summed E-state index contributed by atoms with van der Waals surface area (Å²) in [5, 5.41) is 5.87. The third-order valence-corrected chi connectivity index (χ3v) is 10.4. The fourth-order valence-corrected chi connectivity index (χ4v) is 7.85. The Kier molecular flexibility index (Phi) is 8.16. The van der Waals surface area contributed by atoms with Crippen molar-refractivity contribution in [2.45, 2.75) is 0 Å². The number of fused-ring (bicyclic) bond motifs is 5. The highest BCUT2D eigenvalue weighted by atomic mass is 15.1. The van der Waals surface area contributed by atoms with E-state index in [-0.39, 0.29) is 0 Å². The minimum absolute atomic E-state index is 0.952. The van der Waals surface area contributed by atoms with Crippen LogP contribution in [0.3, 0.4) is 0 Å². The summed E-state index contributed by atoms with van der Waals surface area (Å²) in [6.45, 7) is 0. The van der Waals surface area contributed by atoms with Gasteiger partial charge < -0.3 is 4.90 Å². The first-order chi connectivity index (χ1) is 27.3. The van der Waals surface area contributed by atoms with Crippen molar-refractivity contribution >= 4 is 49.5 Å². The molecule has 0 N–H and O–H groups in total. The van der Waals surface area contributed by atoms with Crippen LogP contribution in [0.1, 0.15) is 0 Å². The molecule has 55 heavy (non-hydrogen) atoms. The third kappa shape index (κ3) is 5.98. The number of anilines is 3. The number of benzene rings is 8. The first-order valence-electron chi connectivity index (χ1n) is 18.7. The molecular weight excluding hydrogens is 667 g/mol. The van der Waals surface area contributed by atoms with Crippen LogP contribution in [0.2, 0.25) is 0 Å². The maximum Gasteiger partial charge on any atom is 0.0788 e. The SMILES string of the molecule is c1ccc(-c2cc(-c3cccc4c3ccc3c(-c5ccc(N(c6ccccc6)c6ccccc6)cc5)nc5ccccc5c34)cc(-c3ccccc3)n2)cc1. The first kappa shape index (κ1) is 32.3. The zero-order valence-electron chi connectivity index (χ0n) is 30.0. The lowest BCUT2D eigenvalue weighted by molar-refractivity contribution is 1.28. The van der Waals surface area contributed by atoms with Crippen molar-refractivity contribution < 1.29 is 0 Å². The summed E-state index contributed by atoms with van der Waals surface area (Å²) in [6.07, 6.45) is 0. The summed E-state index contributed by atoms with van der Waals surface area (Å²) in [4.78, 5) is 12.8. The molecule has 0 bridgehead atoms. The van der Waals surface area contributed by atoms with Crippen molar-refractivity contribution in [3.05, 3.63) is 212 Å². The van der Waals surface area contributed by atoms with E-state index in [9.17, 15) is 0 Å². The van der Waals surface area contributed by atoms with Gasteiger partial charge in [0.1, 0.15) is 0 Å². The molecule has 2 aromatic heterocycles. The third-order valence-electron chi connectivity index (χ3n) is 10.4. The Bertz CT molecular complexity index is 2850.